The molecule has 3 unspecified atom stereocenters. The smallest absolute Gasteiger partial charge is 0.248 e. The lowest BCUT2D eigenvalue weighted by Gasteiger charge is -2.17. The van der Waals surface area contributed by atoms with Gasteiger partial charge in [0.1, 0.15) is 4.90 Å². The highest BCUT2D eigenvalue weighted by molar-refractivity contribution is 7.89. The Labute approximate surface area is 124 Å². The Morgan fingerprint density at radius 1 is 1.43 bits per heavy atom. The number of fused-ring (bicyclic) bond motifs is 1. The number of nitrogens with zero attached hydrogens (tertiary/aromatic N) is 3. The van der Waals surface area contributed by atoms with Crippen LogP contribution in [0.15, 0.2) is 11.1 Å². The van der Waals surface area contributed by atoms with Gasteiger partial charge in [0.25, 0.3) is 0 Å². The average Bonchev–Trinajstić information content (AvgIpc) is 3.07. The van der Waals surface area contributed by atoms with Crippen molar-refractivity contribution < 1.29 is 13.5 Å². The van der Waals surface area contributed by atoms with Crippen LogP contribution in [0.4, 0.5) is 5.82 Å². The van der Waals surface area contributed by atoms with Crippen LogP contribution in [0, 0.1) is 11.8 Å². The average molecular weight is 314 g/mol. The van der Waals surface area contributed by atoms with Gasteiger partial charge in [0.2, 0.25) is 10.0 Å². The van der Waals surface area contributed by atoms with Gasteiger partial charge in [0.15, 0.2) is 5.82 Å². The van der Waals surface area contributed by atoms with Gasteiger partial charge in [-0.3, -0.25) is 4.68 Å². The molecule has 2 aliphatic rings. The molecule has 118 valence electrons. The van der Waals surface area contributed by atoms with Crippen LogP contribution in [-0.2, 0) is 16.6 Å². The van der Waals surface area contributed by atoms with Gasteiger partial charge in [-0.05, 0) is 25.2 Å². The number of nitrogens with two attached hydrogens (primary N) is 1. The Morgan fingerprint density at radius 2 is 2.19 bits per heavy atom. The highest BCUT2D eigenvalue weighted by Crippen LogP contribution is 2.40. The summed E-state index contributed by atoms with van der Waals surface area (Å²) in [6.07, 6.45) is 3.66. The van der Waals surface area contributed by atoms with E-state index in [1.54, 1.807) is 4.68 Å². The molecule has 3 rings (SSSR count). The van der Waals surface area contributed by atoms with E-state index >= 15 is 0 Å². The number of nitrogen functional groups attached to an aromatic ring is 1. The Kier molecular flexibility index (Phi) is 3.71. The fourth-order valence-corrected chi connectivity index (χ4v) is 5.09. The zero-order valence-electron chi connectivity index (χ0n) is 12.1. The summed E-state index contributed by atoms with van der Waals surface area (Å²) in [7, 11) is -3.62. The lowest BCUT2D eigenvalue weighted by molar-refractivity contribution is 0.129. The van der Waals surface area contributed by atoms with Crippen molar-refractivity contribution in [3.8, 4) is 0 Å². The number of aliphatic hydroxyl groups is 1. The number of hydrogen-bond acceptors (Lipinski definition) is 5. The molecule has 1 aliphatic heterocycles. The van der Waals surface area contributed by atoms with E-state index in [1.165, 1.54) is 10.5 Å². The standard InChI is InChI=1S/C13H22N4O3S/c1-2-5-16-8-12(13(14)15-16)21(19,20)17-6-9-3-4-11(18)10(9)7-17/h8-11,18H,2-7H2,1H3,(H2,14,15). The molecule has 2 heterocycles. The van der Waals surface area contributed by atoms with E-state index in [0.717, 1.165) is 19.3 Å². The highest BCUT2D eigenvalue weighted by atomic mass is 32.2. The fourth-order valence-electron chi connectivity index (χ4n) is 3.49. The van der Waals surface area contributed by atoms with E-state index in [1.807, 2.05) is 6.92 Å². The number of hydrogen-bond donors (Lipinski definition) is 2. The van der Waals surface area contributed by atoms with Crippen molar-refractivity contribution in [2.45, 2.75) is 43.7 Å². The van der Waals surface area contributed by atoms with Gasteiger partial charge in [-0.15, -0.1) is 0 Å². The lowest BCUT2D eigenvalue weighted by atomic mass is 10.00. The van der Waals surface area contributed by atoms with E-state index in [9.17, 15) is 13.5 Å². The Hall–Kier alpha value is -1.12. The first-order valence-corrected chi connectivity index (χ1v) is 8.88. The number of aliphatic hydroxyl groups excluding tert-OH is 1. The van der Waals surface area contributed by atoms with E-state index in [-0.39, 0.29) is 28.7 Å². The fraction of sp³-hybridized carbons (Fsp3) is 0.769. The van der Waals surface area contributed by atoms with Crippen LogP contribution in [0.2, 0.25) is 0 Å². The van der Waals surface area contributed by atoms with Crippen LogP contribution in [0.1, 0.15) is 26.2 Å². The maximum atomic E-state index is 12.7. The summed E-state index contributed by atoms with van der Waals surface area (Å²) in [6, 6.07) is 0. The van der Waals surface area contributed by atoms with Crippen LogP contribution in [0.25, 0.3) is 0 Å². The second-order valence-corrected chi connectivity index (χ2v) is 7.94. The van der Waals surface area contributed by atoms with E-state index in [2.05, 4.69) is 5.10 Å². The van der Waals surface area contributed by atoms with E-state index in [0.29, 0.717) is 19.6 Å². The maximum absolute atomic E-state index is 12.7. The predicted octanol–water partition coefficient (Wildman–Crippen LogP) is 0.267. The summed E-state index contributed by atoms with van der Waals surface area (Å²) in [5.41, 5.74) is 5.78. The van der Waals surface area contributed by atoms with Crippen molar-refractivity contribution in [1.82, 2.24) is 14.1 Å². The zero-order chi connectivity index (χ0) is 15.2. The maximum Gasteiger partial charge on any atom is 0.248 e. The van der Waals surface area contributed by atoms with Crippen molar-refractivity contribution >= 4 is 15.8 Å². The quantitative estimate of drug-likeness (QED) is 0.830. The highest BCUT2D eigenvalue weighted by Gasteiger charge is 2.46. The molecule has 0 amide bonds. The first-order valence-electron chi connectivity index (χ1n) is 7.44. The summed E-state index contributed by atoms with van der Waals surface area (Å²) in [5.74, 6) is 0.384. The van der Waals surface area contributed by atoms with Crippen LogP contribution in [0.3, 0.4) is 0 Å². The van der Waals surface area contributed by atoms with Gasteiger partial charge in [0, 0.05) is 31.7 Å². The van der Waals surface area contributed by atoms with Crippen LogP contribution >= 0.6 is 0 Å². The molecule has 1 aliphatic carbocycles. The van der Waals surface area contributed by atoms with Gasteiger partial charge in [-0.25, -0.2) is 8.42 Å². The second-order valence-electron chi connectivity index (χ2n) is 6.03. The van der Waals surface area contributed by atoms with Gasteiger partial charge >= 0.3 is 0 Å². The number of anilines is 1. The Bertz CT molecular complexity index is 627. The molecule has 1 aromatic rings. The summed E-state index contributed by atoms with van der Waals surface area (Å²) in [4.78, 5) is 0.0883. The molecule has 0 radical (unpaired) electrons. The third-order valence-corrected chi connectivity index (χ3v) is 6.46. The molecule has 1 saturated carbocycles. The lowest BCUT2D eigenvalue weighted by Crippen LogP contribution is -2.31. The second kappa shape index (κ2) is 5.26. The molecule has 0 aromatic carbocycles. The number of sulfonamides is 1. The zero-order valence-corrected chi connectivity index (χ0v) is 13.0. The third kappa shape index (κ3) is 2.45. The Morgan fingerprint density at radius 3 is 2.86 bits per heavy atom. The molecule has 3 atom stereocenters. The minimum Gasteiger partial charge on any atom is -0.393 e. The van der Waals surface area contributed by atoms with Crippen molar-refractivity contribution in [2.75, 3.05) is 18.8 Å². The van der Waals surface area contributed by atoms with Crippen molar-refractivity contribution in [2.24, 2.45) is 11.8 Å². The Balaban J connectivity index is 1.84. The summed E-state index contributed by atoms with van der Waals surface area (Å²) in [6.45, 7) is 3.49. The van der Waals surface area contributed by atoms with Crippen LogP contribution in [0.5, 0.6) is 0 Å². The van der Waals surface area contributed by atoms with Gasteiger partial charge < -0.3 is 10.8 Å². The molecule has 0 bridgehead atoms. The summed E-state index contributed by atoms with van der Waals surface area (Å²) < 4.78 is 28.5. The molecule has 1 saturated heterocycles. The molecule has 7 nitrogen and oxygen atoms in total. The van der Waals surface area contributed by atoms with Gasteiger partial charge in [0.05, 0.1) is 6.10 Å². The van der Waals surface area contributed by atoms with Crippen molar-refractivity contribution in [1.29, 1.82) is 0 Å². The molecular formula is C13H22N4O3S. The monoisotopic (exact) mass is 314 g/mol. The van der Waals surface area contributed by atoms with Crippen molar-refractivity contribution in [3.05, 3.63) is 6.20 Å². The minimum atomic E-state index is -3.62. The number of aromatic nitrogens is 2. The van der Waals surface area contributed by atoms with Gasteiger partial charge in [-0.2, -0.15) is 9.40 Å². The number of aryl methyl sites for hydroxylation is 1. The topological polar surface area (TPSA) is 101 Å². The molecule has 2 fully saturated rings. The summed E-state index contributed by atoms with van der Waals surface area (Å²) in [5, 5.41) is 14.0. The molecular weight excluding hydrogens is 292 g/mol. The normalized spacial score (nSPS) is 29.9. The first kappa shape index (κ1) is 14.8. The minimum absolute atomic E-state index is 0.0565. The van der Waals surface area contributed by atoms with E-state index in [4.69, 9.17) is 5.73 Å². The first-order chi connectivity index (χ1) is 9.93. The SMILES string of the molecule is CCCn1cc(S(=O)(=O)N2CC3CCC(O)C3C2)c(N)n1. The third-order valence-electron chi connectivity index (χ3n) is 4.61. The molecule has 21 heavy (non-hydrogen) atoms. The largest absolute Gasteiger partial charge is 0.393 e. The molecule has 8 heteroatoms. The predicted molar refractivity (Wildman–Crippen MR) is 77.9 cm³/mol. The summed E-state index contributed by atoms with van der Waals surface area (Å²) >= 11 is 0. The van der Waals surface area contributed by atoms with Crippen LogP contribution < -0.4 is 5.73 Å². The molecule has 0 spiro atoms. The van der Waals surface area contributed by atoms with Crippen LogP contribution in [-0.4, -0.2) is 46.8 Å². The molecule has 3 N–H and O–H groups in total. The van der Waals surface area contributed by atoms with E-state index < -0.39 is 10.0 Å². The van der Waals surface area contributed by atoms with Gasteiger partial charge in [-0.1, -0.05) is 6.92 Å². The molecule has 1 aromatic heterocycles. The van der Waals surface area contributed by atoms with Crippen molar-refractivity contribution in [3.63, 3.8) is 0 Å². The number of rotatable bonds is 4.